The molecule has 118 valence electrons. The molecule has 1 aliphatic heterocycles. The summed E-state index contributed by atoms with van der Waals surface area (Å²) < 4.78 is 16.7. The van der Waals surface area contributed by atoms with Crippen LogP contribution < -0.4 is 5.73 Å². The Morgan fingerprint density at radius 3 is 2.67 bits per heavy atom. The molecule has 1 saturated carbocycles. The fraction of sp³-hybridized carbons (Fsp3) is 0.867. The molecule has 0 amide bonds. The maximum Gasteiger partial charge on any atom is 0.234 e. The second-order valence-corrected chi connectivity index (χ2v) is 6.50. The molecule has 1 aromatic heterocycles. The van der Waals surface area contributed by atoms with Gasteiger partial charge in [0, 0.05) is 39.2 Å². The highest BCUT2D eigenvalue weighted by atomic mass is 16.5. The Morgan fingerprint density at radius 2 is 2.00 bits per heavy atom. The average Bonchev–Trinajstić information content (AvgIpc) is 3.02. The van der Waals surface area contributed by atoms with E-state index in [1.54, 1.807) is 7.11 Å². The number of nitrogens with two attached hydrogens (primary N) is 1. The Bertz CT molecular complexity index is 462. The van der Waals surface area contributed by atoms with Gasteiger partial charge >= 0.3 is 0 Å². The van der Waals surface area contributed by atoms with Crippen LogP contribution in [0.4, 0.5) is 0 Å². The molecule has 2 atom stereocenters. The van der Waals surface area contributed by atoms with Crippen molar-refractivity contribution in [2.75, 3.05) is 20.3 Å². The lowest BCUT2D eigenvalue weighted by atomic mass is 9.72. The fourth-order valence-electron chi connectivity index (χ4n) is 3.49. The number of rotatable bonds is 3. The van der Waals surface area contributed by atoms with Crippen LogP contribution in [0, 0.1) is 0 Å². The van der Waals surface area contributed by atoms with Crippen molar-refractivity contribution in [3.63, 3.8) is 0 Å². The Labute approximate surface area is 125 Å². The smallest absolute Gasteiger partial charge is 0.234 e. The van der Waals surface area contributed by atoms with Gasteiger partial charge in [0.1, 0.15) is 5.60 Å². The Morgan fingerprint density at radius 1 is 1.24 bits per heavy atom. The average molecular weight is 295 g/mol. The predicted molar refractivity (Wildman–Crippen MR) is 76.8 cm³/mol. The molecule has 0 aromatic carbocycles. The van der Waals surface area contributed by atoms with Crippen molar-refractivity contribution in [2.45, 2.75) is 62.5 Å². The second-order valence-electron chi connectivity index (χ2n) is 6.50. The van der Waals surface area contributed by atoms with E-state index >= 15 is 0 Å². The standard InChI is InChI=1S/C15H25N3O3/c1-14(6-4-3-5-11(14)16)13-17-12(18-21-13)15(19-2)7-9-20-10-8-15/h11H,3-10,16H2,1-2H3. The first kappa shape index (κ1) is 14.9. The highest BCUT2D eigenvalue weighted by molar-refractivity contribution is 5.13. The normalized spacial score (nSPS) is 33.0. The third-order valence-electron chi connectivity index (χ3n) is 5.29. The van der Waals surface area contributed by atoms with Gasteiger partial charge in [0.15, 0.2) is 0 Å². The largest absolute Gasteiger partial charge is 0.381 e. The Hall–Kier alpha value is -0.980. The van der Waals surface area contributed by atoms with Crippen LogP contribution in [0.3, 0.4) is 0 Å². The van der Waals surface area contributed by atoms with Crippen molar-refractivity contribution in [1.82, 2.24) is 10.1 Å². The van der Waals surface area contributed by atoms with E-state index in [4.69, 9.17) is 19.7 Å². The minimum absolute atomic E-state index is 0.0766. The molecule has 0 spiro atoms. The molecule has 2 unspecified atom stereocenters. The Balaban J connectivity index is 1.88. The van der Waals surface area contributed by atoms with Crippen LogP contribution in [-0.4, -0.2) is 36.5 Å². The van der Waals surface area contributed by atoms with Crippen molar-refractivity contribution in [1.29, 1.82) is 0 Å². The minimum atomic E-state index is -0.477. The zero-order valence-corrected chi connectivity index (χ0v) is 12.9. The second kappa shape index (κ2) is 5.66. The number of hydrogen-bond donors (Lipinski definition) is 1. The molecular formula is C15H25N3O3. The van der Waals surface area contributed by atoms with Crippen LogP contribution in [0.5, 0.6) is 0 Å². The fourth-order valence-corrected chi connectivity index (χ4v) is 3.49. The van der Waals surface area contributed by atoms with E-state index in [0.717, 1.165) is 32.1 Å². The van der Waals surface area contributed by atoms with Gasteiger partial charge in [-0.25, -0.2) is 0 Å². The first-order valence-corrected chi connectivity index (χ1v) is 7.84. The van der Waals surface area contributed by atoms with Gasteiger partial charge in [0.05, 0.1) is 5.41 Å². The van der Waals surface area contributed by atoms with E-state index in [2.05, 4.69) is 17.1 Å². The monoisotopic (exact) mass is 295 g/mol. The van der Waals surface area contributed by atoms with Gasteiger partial charge in [-0.15, -0.1) is 0 Å². The maximum atomic E-state index is 6.32. The predicted octanol–water partition coefficient (Wildman–Crippen LogP) is 1.88. The zero-order valence-electron chi connectivity index (χ0n) is 12.9. The first-order valence-electron chi connectivity index (χ1n) is 7.84. The number of aromatic nitrogens is 2. The molecule has 0 bridgehead atoms. The van der Waals surface area contributed by atoms with Crippen molar-refractivity contribution < 1.29 is 14.0 Å². The van der Waals surface area contributed by atoms with E-state index in [-0.39, 0.29) is 11.5 Å². The molecule has 6 nitrogen and oxygen atoms in total. The molecule has 6 heteroatoms. The summed E-state index contributed by atoms with van der Waals surface area (Å²) in [5.41, 5.74) is 5.62. The lowest BCUT2D eigenvalue weighted by Crippen LogP contribution is -2.46. The van der Waals surface area contributed by atoms with E-state index in [1.807, 2.05) is 0 Å². The number of hydrogen-bond acceptors (Lipinski definition) is 6. The van der Waals surface area contributed by atoms with Gasteiger partial charge in [-0.05, 0) is 19.8 Å². The summed E-state index contributed by atoms with van der Waals surface area (Å²) in [4.78, 5) is 4.68. The third kappa shape index (κ3) is 2.49. The molecule has 2 N–H and O–H groups in total. The molecule has 21 heavy (non-hydrogen) atoms. The topological polar surface area (TPSA) is 83.4 Å². The van der Waals surface area contributed by atoms with Gasteiger partial charge < -0.3 is 19.7 Å². The molecule has 1 aromatic rings. The van der Waals surface area contributed by atoms with Crippen LogP contribution in [0.2, 0.25) is 0 Å². The molecule has 2 aliphatic rings. The molecule has 2 fully saturated rings. The van der Waals surface area contributed by atoms with Crippen LogP contribution in [0.1, 0.15) is 57.2 Å². The van der Waals surface area contributed by atoms with Crippen molar-refractivity contribution >= 4 is 0 Å². The Kier molecular flexibility index (Phi) is 4.03. The van der Waals surface area contributed by atoms with Crippen LogP contribution in [-0.2, 0) is 20.5 Å². The summed E-state index contributed by atoms with van der Waals surface area (Å²) in [5, 5.41) is 4.22. The molecule has 0 radical (unpaired) electrons. The highest BCUT2D eigenvalue weighted by Crippen LogP contribution is 2.39. The van der Waals surface area contributed by atoms with Gasteiger partial charge in [-0.2, -0.15) is 4.98 Å². The van der Waals surface area contributed by atoms with Crippen molar-refractivity contribution in [2.24, 2.45) is 5.73 Å². The number of nitrogens with zero attached hydrogens (tertiary/aromatic N) is 2. The quantitative estimate of drug-likeness (QED) is 0.916. The summed E-state index contributed by atoms with van der Waals surface area (Å²) in [6, 6.07) is 0.0766. The van der Waals surface area contributed by atoms with Crippen LogP contribution >= 0.6 is 0 Å². The molecule has 1 aliphatic carbocycles. The zero-order chi connectivity index (χ0) is 14.9. The molecule has 1 saturated heterocycles. The van der Waals surface area contributed by atoms with E-state index < -0.39 is 5.60 Å². The van der Waals surface area contributed by atoms with E-state index in [1.165, 1.54) is 6.42 Å². The molecule has 2 heterocycles. The van der Waals surface area contributed by atoms with Gasteiger partial charge in [-0.3, -0.25) is 0 Å². The summed E-state index contributed by atoms with van der Waals surface area (Å²) in [5.74, 6) is 1.30. The maximum absolute atomic E-state index is 6.32. The summed E-state index contributed by atoms with van der Waals surface area (Å²) in [6.45, 7) is 3.46. The SMILES string of the molecule is COC1(c2noc(C3(C)CCCCC3N)n2)CCOCC1. The van der Waals surface area contributed by atoms with Crippen LogP contribution in [0.25, 0.3) is 0 Å². The van der Waals surface area contributed by atoms with Crippen molar-refractivity contribution in [3.05, 3.63) is 11.7 Å². The lowest BCUT2D eigenvalue weighted by Gasteiger charge is -2.36. The molecule has 3 rings (SSSR count). The summed E-state index contributed by atoms with van der Waals surface area (Å²) in [7, 11) is 1.70. The highest BCUT2D eigenvalue weighted by Gasteiger charge is 2.44. The number of ether oxygens (including phenoxy) is 2. The van der Waals surface area contributed by atoms with E-state index in [9.17, 15) is 0 Å². The minimum Gasteiger partial charge on any atom is -0.381 e. The lowest BCUT2D eigenvalue weighted by molar-refractivity contribution is -0.101. The third-order valence-corrected chi connectivity index (χ3v) is 5.29. The molecular weight excluding hydrogens is 270 g/mol. The summed E-state index contributed by atoms with van der Waals surface area (Å²) >= 11 is 0. The van der Waals surface area contributed by atoms with E-state index in [0.29, 0.717) is 24.9 Å². The summed E-state index contributed by atoms with van der Waals surface area (Å²) in [6.07, 6.45) is 5.86. The van der Waals surface area contributed by atoms with Gasteiger partial charge in [0.2, 0.25) is 11.7 Å². The van der Waals surface area contributed by atoms with Crippen molar-refractivity contribution in [3.8, 4) is 0 Å². The van der Waals surface area contributed by atoms with Gasteiger partial charge in [-0.1, -0.05) is 18.0 Å². The van der Waals surface area contributed by atoms with Gasteiger partial charge in [0.25, 0.3) is 0 Å². The van der Waals surface area contributed by atoms with Crippen LogP contribution in [0.15, 0.2) is 4.52 Å². The number of methoxy groups -OCH3 is 1. The first-order chi connectivity index (χ1) is 10.1.